The molecule has 0 aliphatic carbocycles. The van der Waals surface area contributed by atoms with E-state index < -0.39 is 53.0 Å². The molecule has 0 aromatic rings. The minimum absolute atomic E-state index is 0. The summed E-state index contributed by atoms with van der Waals surface area (Å²) >= 11 is 0. The Kier molecular flexibility index (Phi) is 13.0. The molecule has 11 heteroatoms. The van der Waals surface area contributed by atoms with Crippen molar-refractivity contribution >= 4 is 5.97 Å². The van der Waals surface area contributed by atoms with Crippen LogP contribution in [0.3, 0.4) is 0 Å². The molecule has 3 unspecified atom stereocenters. The van der Waals surface area contributed by atoms with Gasteiger partial charge in [0.25, 0.3) is 0 Å². The molecule has 1 spiro atoms. The molecule has 10 nitrogen and oxygen atoms in total. The van der Waals surface area contributed by atoms with E-state index in [-0.39, 0.29) is 83.6 Å². The smallest absolute Gasteiger partial charge is 0.550 e. The standard InChI is InChI=1S/C37H64O10.Na/c1-11-35(32-21(4)18-27(43-32)29-20(3)17-22(5)37(41,12-2)46-29)14-13-28(44-35)34(9)15-16-36(47-34)19-26(38)23(6)31(45-36)24(7)30(42-10)25(8)33(39)40;/h20-32,38,41H,11-19H2,1-10H3,(H,39,40);/q;+1/p-1/t20-,21-,22+,23+,24+,25-,26-,27+,28+,29?,30+,31-,32?,34-,35-,36?,37-;/m0./s1. The van der Waals surface area contributed by atoms with E-state index in [2.05, 4.69) is 34.6 Å². The van der Waals surface area contributed by atoms with Crippen LogP contribution in [-0.4, -0.2) is 88.8 Å². The molecule has 17 atom stereocenters. The second-order valence-corrected chi connectivity index (χ2v) is 16.5. The van der Waals surface area contributed by atoms with Crippen molar-refractivity contribution in [1.29, 1.82) is 0 Å². The third-order valence-electron chi connectivity index (χ3n) is 13.3. The van der Waals surface area contributed by atoms with Crippen molar-refractivity contribution in [2.75, 3.05) is 7.11 Å². The average molecular weight is 691 g/mol. The van der Waals surface area contributed by atoms with Crippen molar-refractivity contribution in [2.24, 2.45) is 35.5 Å². The summed E-state index contributed by atoms with van der Waals surface area (Å²) in [5, 5.41) is 34.2. The summed E-state index contributed by atoms with van der Waals surface area (Å²) in [5.41, 5.74) is -1.08. The third kappa shape index (κ3) is 7.35. The van der Waals surface area contributed by atoms with Gasteiger partial charge in [-0.05, 0) is 63.7 Å². The van der Waals surface area contributed by atoms with Crippen molar-refractivity contribution in [3.8, 4) is 0 Å². The maximum Gasteiger partial charge on any atom is 1.00 e. The maximum absolute atomic E-state index is 11.7. The van der Waals surface area contributed by atoms with Crippen LogP contribution in [0.1, 0.15) is 120 Å². The van der Waals surface area contributed by atoms with Gasteiger partial charge in [0.2, 0.25) is 0 Å². The Morgan fingerprint density at radius 1 is 1.00 bits per heavy atom. The molecule has 5 aliphatic heterocycles. The quantitative estimate of drug-likeness (QED) is 0.324. The first-order valence-electron chi connectivity index (χ1n) is 18.5. The molecule has 5 fully saturated rings. The molecule has 0 amide bonds. The van der Waals surface area contributed by atoms with Gasteiger partial charge < -0.3 is 48.5 Å². The molecule has 5 aliphatic rings. The third-order valence-corrected chi connectivity index (χ3v) is 13.3. The Morgan fingerprint density at radius 2 is 1.69 bits per heavy atom. The predicted octanol–water partition coefficient (Wildman–Crippen LogP) is 1.36. The number of aliphatic carboxylic acids is 1. The van der Waals surface area contributed by atoms with Crippen LogP contribution in [0.4, 0.5) is 0 Å². The van der Waals surface area contributed by atoms with Gasteiger partial charge in [-0.1, -0.05) is 55.4 Å². The number of rotatable bonds is 10. The van der Waals surface area contributed by atoms with Crippen LogP contribution in [0, 0.1) is 35.5 Å². The Balaban J connectivity index is 0.00000520. The molecule has 0 radical (unpaired) electrons. The molecule has 5 rings (SSSR count). The van der Waals surface area contributed by atoms with Gasteiger partial charge in [0.15, 0.2) is 11.6 Å². The van der Waals surface area contributed by atoms with Crippen LogP contribution in [-0.2, 0) is 33.2 Å². The second-order valence-electron chi connectivity index (χ2n) is 16.5. The van der Waals surface area contributed by atoms with Crippen LogP contribution in [0.5, 0.6) is 0 Å². The zero-order valence-corrected chi connectivity index (χ0v) is 33.5. The fourth-order valence-electron chi connectivity index (χ4n) is 10.1. The van der Waals surface area contributed by atoms with E-state index in [0.717, 1.165) is 32.1 Å². The summed E-state index contributed by atoms with van der Waals surface area (Å²) in [5.74, 6) is -4.04. The van der Waals surface area contributed by atoms with E-state index in [0.29, 0.717) is 25.7 Å². The predicted molar refractivity (Wildman–Crippen MR) is 173 cm³/mol. The molecule has 48 heavy (non-hydrogen) atoms. The first kappa shape index (κ1) is 40.9. The normalized spacial score (nSPS) is 49.8. The number of carboxylic acids is 1. The van der Waals surface area contributed by atoms with Crippen molar-refractivity contribution < 1.29 is 78.1 Å². The van der Waals surface area contributed by atoms with E-state index in [1.165, 1.54) is 7.11 Å². The van der Waals surface area contributed by atoms with Crippen molar-refractivity contribution in [2.45, 2.75) is 186 Å². The molecule has 0 saturated carbocycles. The molecular formula is C37H63NaO10. The minimum atomic E-state index is -1.17. The van der Waals surface area contributed by atoms with Gasteiger partial charge in [-0.2, -0.15) is 0 Å². The van der Waals surface area contributed by atoms with E-state index in [9.17, 15) is 20.1 Å². The number of methoxy groups -OCH3 is 1. The number of carbonyl (C=O) groups excluding carboxylic acids is 1. The first-order chi connectivity index (χ1) is 22.0. The van der Waals surface area contributed by atoms with Crippen LogP contribution in [0.2, 0.25) is 0 Å². The number of hydrogen-bond acceptors (Lipinski definition) is 10. The number of aliphatic hydroxyl groups excluding tert-OH is 1. The van der Waals surface area contributed by atoms with E-state index >= 15 is 0 Å². The van der Waals surface area contributed by atoms with E-state index in [4.69, 9.17) is 28.4 Å². The van der Waals surface area contributed by atoms with Crippen LogP contribution < -0.4 is 34.7 Å². The molecular weight excluding hydrogens is 627 g/mol. The number of aliphatic hydroxyl groups is 2. The molecule has 5 saturated heterocycles. The molecule has 5 heterocycles. The Hall–Kier alpha value is 0.150. The van der Waals surface area contributed by atoms with Gasteiger partial charge in [0.05, 0.1) is 53.9 Å². The zero-order chi connectivity index (χ0) is 34.7. The average Bonchev–Trinajstić information content (AvgIpc) is 3.73. The van der Waals surface area contributed by atoms with Crippen molar-refractivity contribution in [1.82, 2.24) is 0 Å². The summed E-state index contributed by atoms with van der Waals surface area (Å²) in [6, 6.07) is 0. The molecule has 0 aromatic heterocycles. The Morgan fingerprint density at radius 3 is 2.29 bits per heavy atom. The monoisotopic (exact) mass is 690 g/mol. The van der Waals surface area contributed by atoms with Crippen molar-refractivity contribution in [3.63, 3.8) is 0 Å². The van der Waals surface area contributed by atoms with Crippen LogP contribution in [0.25, 0.3) is 0 Å². The van der Waals surface area contributed by atoms with Gasteiger partial charge >= 0.3 is 29.6 Å². The number of hydrogen-bond donors (Lipinski definition) is 2. The van der Waals surface area contributed by atoms with Crippen molar-refractivity contribution in [3.05, 3.63) is 0 Å². The first-order valence-corrected chi connectivity index (χ1v) is 18.5. The SMILES string of the molecule is CC[C@@]1(C2O[C@@H](C3O[C@@](O)(CC)[C@H](C)C[C@@H]3C)C[C@@H]2C)CC[C@H]([C@]2(C)CCC3(C[C@H](O)[C@@H](C)[C@@H]([C@H](C)[C@@H](OC)[C@H](C)C(=O)[O-])O3)O2)O1.[Na+]. The van der Waals surface area contributed by atoms with Gasteiger partial charge in [-0.3, -0.25) is 0 Å². The topological polar surface area (TPSA) is 136 Å². The van der Waals surface area contributed by atoms with E-state index in [1.807, 2.05) is 20.8 Å². The minimum Gasteiger partial charge on any atom is -0.550 e. The molecule has 2 N–H and O–H groups in total. The van der Waals surface area contributed by atoms with Gasteiger partial charge in [0.1, 0.15) is 0 Å². The Labute approximate surface area is 310 Å². The molecule has 0 aromatic carbocycles. The van der Waals surface area contributed by atoms with Gasteiger partial charge in [-0.25, -0.2) is 0 Å². The summed E-state index contributed by atoms with van der Waals surface area (Å²) < 4.78 is 39.8. The van der Waals surface area contributed by atoms with Crippen LogP contribution in [0.15, 0.2) is 0 Å². The molecule has 0 bridgehead atoms. The maximum atomic E-state index is 11.7. The van der Waals surface area contributed by atoms with Gasteiger partial charge in [-0.15, -0.1) is 0 Å². The number of carboxylic acid groups (broad SMARTS) is 1. The number of ether oxygens (including phenoxy) is 6. The number of carbonyl (C=O) groups is 1. The zero-order valence-electron chi connectivity index (χ0n) is 31.5. The van der Waals surface area contributed by atoms with Crippen LogP contribution >= 0.6 is 0 Å². The summed E-state index contributed by atoms with van der Waals surface area (Å²) in [7, 11) is 1.51. The van der Waals surface area contributed by atoms with Gasteiger partial charge in [0, 0.05) is 49.6 Å². The van der Waals surface area contributed by atoms with E-state index in [1.54, 1.807) is 6.92 Å². The molecule has 272 valence electrons. The fourth-order valence-corrected chi connectivity index (χ4v) is 10.1. The fraction of sp³-hybridized carbons (Fsp3) is 0.973. The summed E-state index contributed by atoms with van der Waals surface area (Å²) in [4.78, 5) is 11.7. The Bertz CT molecular complexity index is 1110. The largest absolute Gasteiger partial charge is 1.00 e. The second kappa shape index (κ2) is 15.2. The summed E-state index contributed by atoms with van der Waals surface area (Å²) in [6.07, 6.45) is 4.19. The summed E-state index contributed by atoms with van der Waals surface area (Å²) in [6.45, 7) is 18.2.